The van der Waals surface area contributed by atoms with E-state index in [2.05, 4.69) is 15.5 Å². The van der Waals surface area contributed by atoms with Crippen LogP contribution in [0.3, 0.4) is 0 Å². The molecule has 2 amide bonds. The fraction of sp³-hybridized carbons (Fsp3) is 0.765. The fourth-order valence-electron chi connectivity index (χ4n) is 3.66. The summed E-state index contributed by atoms with van der Waals surface area (Å²) in [5.74, 6) is 1.48. The minimum absolute atomic E-state index is 0.0347. The van der Waals surface area contributed by atoms with Crippen molar-refractivity contribution < 1.29 is 9.59 Å². The van der Waals surface area contributed by atoms with Crippen LogP contribution in [0.5, 0.6) is 0 Å². The Labute approximate surface area is 152 Å². The van der Waals surface area contributed by atoms with Crippen LogP contribution < -0.4 is 5.32 Å². The van der Waals surface area contributed by atoms with Crippen molar-refractivity contribution in [2.75, 3.05) is 25.4 Å². The molecule has 1 N–H and O–H groups in total. The summed E-state index contributed by atoms with van der Waals surface area (Å²) in [5, 5.41) is 11.7. The Bertz CT molecular complexity index is 592. The Hall–Kier alpha value is -1.57. The van der Waals surface area contributed by atoms with Gasteiger partial charge in [0.25, 0.3) is 0 Å². The summed E-state index contributed by atoms with van der Waals surface area (Å²) in [7, 11) is 1.90. The van der Waals surface area contributed by atoms with E-state index >= 15 is 0 Å². The molecule has 0 spiro atoms. The van der Waals surface area contributed by atoms with Crippen LogP contribution >= 0.6 is 11.8 Å². The first-order valence-electron chi connectivity index (χ1n) is 9.18. The Balaban J connectivity index is 1.34. The van der Waals surface area contributed by atoms with Gasteiger partial charge in [0.05, 0.1) is 0 Å². The highest BCUT2D eigenvalue weighted by Gasteiger charge is 2.31. The Kier molecular flexibility index (Phi) is 6.34. The van der Waals surface area contributed by atoms with E-state index in [4.69, 9.17) is 0 Å². The maximum atomic E-state index is 12.4. The predicted octanol–water partition coefficient (Wildman–Crippen LogP) is 1.45. The average Bonchev–Trinajstić information content (AvgIpc) is 3.30. The number of hydrogen-bond donors (Lipinski definition) is 1. The lowest BCUT2D eigenvalue weighted by molar-refractivity contribution is -0.138. The number of piperidine rings is 1. The van der Waals surface area contributed by atoms with Gasteiger partial charge < -0.3 is 14.8 Å². The van der Waals surface area contributed by atoms with Crippen LogP contribution in [0.4, 0.5) is 0 Å². The summed E-state index contributed by atoms with van der Waals surface area (Å²) in [4.78, 5) is 26.7. The van der Waals surface area contributed by atoms with Gasteiger partial charge in [0.1, 0.15) is 6.33 Å². The van der Waals surface area contributed by atoms with Crippen molar-refractivity contribution in [3.63, 3.8) is 0 Å². The molecule has 0 atom stereocenters. The van der Waals surface area contributed by atoms with Crippen molar-refractivity contribution in [1.82, 2.24) is 25.0 Å². The molecule has 0 aromatic carbocycles. The number of thioether (sulfide) groups is 1. The zero-order valence-electron chi connectivity index (χ0n) is 14.8. The quantitative estimate of drug-likeness (QED) is 0.610. The van der Waals surface area contributed by atoms with Crippen molar-refractivity contribution >= 4 is 23.6 Å². The van der Waals surface area contributed by atoms with Crippen LogP contribution in [-0.2, 0) is 16.6 Å². The minimum Gasteiger partial charge on any atom is -0.355 e. The average molecular weight is 366 g/mol. The number of likely N-dealkylation sites (tertiary alicyclic amines) is 1. The first-order chi connectivity index (χ1) is 12.1. The van der Waals surface area contributed by atoms with Gasteiger partial charge in [-0.1, -0.05) is 24.6 Å². The van der Waals surface area contributed by atoms with Gasteiger partial charge in [-0.3, -0.25) is 9.59 Å². The molecule has 1 aromatic rings. The van der Waals surface area contributed by atoms with Gasteiger partial charge in [-0.25, -0.2) is 0 Å². The second-order valence-corrected chi connectivity index (χ2v) is 8.01. The van der Waals surface area contributed by atoms with Crippen molar-refractivity contribution in [3.05, 3.63) is 6.33 Å². The molecule has 8 heteroatoms. The van der Waals surface area contributed by atoms with Gasteiger partial charge in [-0.15, -0.1) is 10.2 Å². The van der Waals surface area contributed by atoms with Crippen LogP contribution in [0.15, 0.2) is 11.5 Å². The second kappa shape index (κ2) is 8.69. The lowest BCUT2D eigenvalue weighted by Crippen LogP contribution is -2.45. The number of carbonyl (C=O) groups excluding carboxylic acids is 2. The van der Waals surface area contributed by atoms with Gasteiger partial charge in [0.15, 0.2) is 5.16 Å². The molecule has 1 saturated carbocycles. The number of aryl methyl sites for hydroxylation is 1. The number of amides is 2. The van der Waals surface area contributed by atoms with Crippen molar-refractivity contribution in [2.24, 2.45) is 18.9 Å². The summed E-state index contributed by atoms with van der Waals surface area (Å²) in [6, 6.07) is 0. The number of hydrogen-bond acceptors (Lipinski definition) is 5. The van der Waals surface area contributed by atoms with E-state index in [0.29, 0.717) is 12.5 Å². The predicted molar refractivity (Wildman–Crippen MR) is 96.0 cm³/mol. The van der Waals surface area contributed by atoms with Gasteiger partial charge in [0.2, 0.25) is 11.8 Å². The van der Waals surface area contributed by atoms with E-state index in [1.807, 2.05) is 16.5 Å². The SMILES string of the molecule is Cn1cnnc1SCCNC(=O)C1CCN(C(=O)C2CCCC2)CC1. The van der Waals surface area contributed by atoms with Crippen LogP contribution in [-0.4, -0.2) is 56.9 Å². The first kappa shape index (κ1) is 18.2. The maximum absolute atomic E-state index is 12.4. The van der Waals surface area contributed by atoms with E-state index in [0.717, 1.165) is 49.7 Å². The molecule has 1 saturated heterocycles. The molecular formula is C17H27N5O2S. The zero-order valence-corrected chi connectivity index (χ0v) is 15.6. The van der Waals surface area contributed by atoms with Gasteiger partial charge in [0, 0.05) is 44.3 Å². The number of nitrogens with one attached hydrogen (secondary N) is 1. The smallest absolute Gasteiger partial charge is 0.225 e. The normalized spacial score (nSPS) is 19.3. The summed E-state index contributed by atoms with van der Waals surface area (Å²) in [6.07, 6.45) is 7.68. The number of carbonyl (C=O) groups is 2. The second-order valence-electron chi connectivity index (χ2n) is 6.94. The summed E-state index contributed by atoms with van der Waals surface area (Å²) in [6.45, 7) is 2.07. The highest BCUT2D eigenvalue weighted by atomic mass is 32.2. The highest BCUT2D eigenvalue weighted by Crippen LogP contribution is 2.28. The molecular weight excluding hydrogens is 338 g/mol. The molecule has 2 heterocycles. The van der Waals surface area contributed by atoms with Gasteiger partial charge in [-0.05, 0) is 25.7 Å². The molecule has 2 aliphatic rings. The number of rotatable bonds is 6. The monoisotopic (exact) mass is 365 g/mol. The number of nitrogens with zero attached hydrogens (tertiary/aromatic N) is 4. The van der Waals surface area contributed by atoms with Gasteiger partial charge in [-0.2, -0.15) is 0 Å². The molecule has 25 heavy (non-hydrogen) atoms. The largest absolute Gasteiger partial charge is 0.355 e. The maximum Gasteiger partial charge on any atom is 0.225 e. The van der Waals surface area contributed by atoms with Crippen LogP contribution in [0.1, 0.15) is 38.5 Å². The van der Waals surface area contributed by atoms with Crippen molar-refractivity contribution in [2.45, 2.75) is 43.7 Å². The molecule has 1 aliphatic carbocycles. The van der Waals surface area contributed by atoms with Gasteiger partial charge >= 0.3 is 0 Å². The van der Waals surface area contributed by atoms with E-state index in [1.54, 1.807) is 18.1 Å². The van der Waals surface area contributed by atoms with Crippen molar-refractivity contribution in [3.8, 4) is 0 Å². The third kappa shape index (κ3) is 4.74. The Morgan fingerprint density at radius 1 is 1.20 bits per heavy atom. The van der Waals surface area contributed by atoms with Crippen molar-refractivity contribution in [1.29, 1.82) is 0 Å². The summed E-state index contributed by atoms with van der Waals surface area (Å²) in [5.41, 5.74) is 0. The Morgan fingerprint density at radius 3 is 2.56 bits per heavy atom. The zero-order chi connectivity index (χ0) is 17.6. The Morgan fingerprint density at radius 2 is 1.92 bits per heavy atom. The lowest BCUT2D eigenvalue weighted by atomic mass is 9.94. The highest BCUT2D eigenvalue weighted by molar-refractivity contribution is 7.99. The van der Waals surface area contributed by atoms with E-state index in [9.17, 15) is 9.59 Å². The third-order valence-corrected chi connectivity index (χ3v) is 6.22. The van der Waals surface area contributed by atoms with E-state index < -0.39 is 0 Å². The molecule has 1 aromatic heterocycles. The molecule has 138 valence electrons. The molecule has 2 fully saturated rings. The number of aromatic nitrogens is 3. The molecule has 0 unspecified atom stereocenters. The van der Waals surface area contributed by atoms with Crippen LogP contribution in [0, 0.1) is 11.8 Å². The first-order valence-corrected chi connectivity index (χ1v) is 10.2. The van der Waals surface area contributed by atoms with E-state index in [-0.39, 0.29) is 17.7 Å². The third-order valence-electron chi connectivity index (χ3n) is 5.18. The topological polar surface area (TPSA) is 80.1 Å². The molecule has 1 aliphatic heterocycles. The summed E-state index contributed by atoms with van der Waals surface area (Å²) >= 11 is 1.58. The van der Waals surface area contributed by atoms with E-state index in [1.165, 1.54) is 12.8 Å². The fourth-order valence-corrected chi connectivity index (χ4v) is 4.40. The minimum atomic E-state index is 0.0347. The molecule has 0 bridgehead atoms. The molecule has 0 radical (unpaired) electrons. The molecule has 7 nitrogen and oxygen atoms in total. The lowest BCUT2D eigenvalue weighted by Gasteiger charge is -2.33. The van der Waals surface area contributed by atoms with Crippen LogP contribution in [0.2, 0.25) is 0 Å². The molecule has 3 rings (SSSR count). The van der Waals surface area contributed by atoms with Crippen LogP contribution in [0.25, 0.3) is 0 Å². The standard InChI is InChI=1S/C17H27N5O2S/c1-21-12-19-20-17(21)25-11-8-18-15(23)13-6-9-22(10-7-13)16(24)14-4-2-3-5-14/h12-14H,2-11H2,1H3,(H,18,23). The summed E-state index contributed by atoms with van der Waals surface area (Å²) < 4.78 is 1.86.